The first-order valence-electron chi connectivity index (χ1n) is 6.62. The van der Waals surface area contributed by atoms with Gasteiger partial charge in [0.15, 0.2) is 13.2 Å². The molecule has 7 heteroatoms. The molecule has 0 heterocycles. The van der Waals surface area contributed by atoms with E-state index in [9.17, 15) is 9.59 Å². The minimum Gasteiger partial charge on any atom is -0.482 e. The Kier molecular flexibility index (Phi) is 6.85. The largest absolute Gasteiger partial charge is 0.482 e. The number of benzene rings is 2. The van der Waals surface area contributed by atoms with Gasteiger partial charge < -0.3 is 14.8 Å². The van der Waals surface area contributed by atoms with E-state index in [1.165, 1.54) is 0 Å². The summed E-state index contributed by atoms with van der Waals surface area (Å²) in [5, 5.41) is 2.64. The van der Waals surface area contributed by atoms with Crippen LogP contribution >= 0.6 is 38.5 Å². The van der Waals surface area contributed by atoms with Crippen LogP contribution in [0.1, 0.15) is 0 Å². The van der Waals surface area contributed by atoms with Crippen LogP contribution in [0.4, 0.5) is 5.69 Å². The normalized spacial score (nSPS) is 10.0. The average molecular weight is 490 g/mol. The molecule has 2 aromatic carbocycles. The maximum Gasteiger partial charge on any atom is 0.344 e. The molecule has 0 bridgehead atoms. The number of esters is 1. The van der Waals surface area contributed by atoms with E-state index in [1.54, 1.807) is 36.4 Å². The summed E-state index contributed by atoms with van der Waals surface area (Å²) in [7, 11) is 0. The highest BCUT2D eigenvalue weighted by Gasteiger charge is 2.09. The van der Waals surface area contributed by atoms with Crippen LogP contribution in [-0.2, 0) is 14.3 Å². The van der Waals surface area contributed by atoms with Gasteiger partial charge >= 0.3 is 5.97 Å². The molecule has 0 aromatic heterocycles. The molecule has 0 radical (unpaired) electrons. The number of carbonyl (C=O) groups excluding carboxylic acids is 2. The van der Waals surface area contributed by atoms with Crippen LogP contribution in [0.3, 0.4) is 0 Å². The minimum absolute atomic E-state index is 0.252. The van der Waals surface area contributed by atoms with Crippen molar-refractivity contribution in [1.29, 1.82) is 0 Å². The zero-order valence-electron chi connectivity index (χ0n) is 11.9. The third-order valence-electron chi connectivity index (χ3n) is 2.66. The van der Waals surface area contributed by atoms with Gasteiger partial charge in [-0.3, -0.25) is 4.79 Å². The Morgan fingerprint density at radius 1 is 1.00 bits per heavy atom. The number of ether oxygens (including phenoxy) is 2. The van der Waals surface area contributed by atoms with Crippen molar-refractivity contribution in [3.8, 4) is 5.75 Å². The van der Waals surface area contributed by atoms with Crippen LogP contribution in [-0.4, -0.2) is 25.1 Å². The van der Waals surface area contributed by atoms with Gasteiger partial charge in [-0.05, 0) is 71.1 Å². The first kappa shape index (κ1) is 17.7. The van der Waals surface area contributed by atoms with Crippen LogP contribution in [0.15, 0.2) is 53.0 Å². The average Bonchev–Trinajstić information content (AvgIpc) is 2.54. The van der Waals surface area contributed by atoms with Crippen LogP contribution in [0.5, 0.6) is 5.75 Å². The van der Waals surface area contributed by atoms with E-state index in [2.05, 4.69) is 43.8 Å². The van der Waals surface area contributed by atoms with Gasteiger partial charge in [-0.2, -0.15) is 0 Å². The van der Waals surface area contributed by atoms with Gasteiger partial charge in [0.2, 0.25) is 0 Å². The van der Waals surface area contributed by atoms with E-state index in [1.807, 2.05) is 12.1 Å². The zero-order chi connectivity index (χ0) is 16.7. The van der Waals surface area contributed by atoms with Gasteiger partial charge in [0, 0.05) is 13.7 Å². The van der Waals surface area contributed by atoms with Gasteiger partial charge in [-0.15, -0.1) is 0 Å². The standard InChI is InChI=1S/C16H13BrINO4/c17-11-1-7-14(8-2-11)22-10-16(21)23-9-15(20)19-13-5-3-12(18)4-6-13/h1-8H,9-10H2,(H,19,20). The van der Waals surface area contributed by atoms with Crippen LogP contribution in [0, 0.1) is 3.57 Å². The summed E-state index contributed by atoms with van der Waals surface area (Å²) < 4.78 is 12.1. The monoisotopic (exact) mass is 489 g/mol. The summed E-state index contributed by atoms with van der Waals surface area (Å²) in [6, 6.07) is 14.3. The predicted octanol–water partition coefficient (Wildman–Crippen LogP) is 3.61. The third kappa shape index (κ3) is 6.57. The molecule has 0 unspecified atom stereocenters. The number of hydrogen-bond acceptors (Lipinski definition) is 4. The lowest BCUT2D eigenvalue weighted by Crippen LogP contribution is -2.23. The lowest BCUT2D eigenvalue weighted by atomic mass is 10.3. The SMILES string of the molecule is O=C(COC(=O)COc1ccc(Br)cc1)Nc1ccc(I)cc1. The summed E-state index contributed by atoms with van der Waals surface area (Å²) in [4.78, 5) is 23.2. The Hall–Kier alpha value is -1.61. The highest BCUT2D eigenvalue weighted by molar-refractivity contribution is 14.1. The number of anilines is 1. The van der Waals surface area contributed by atoms with Crippen molar-refractivity contribution in [3.63, 3.8) is 0 Å². The van der Waals surface area contributed by atoms with Crippen molar-refractivity contribution in [2.24, 2.45) is 0 Å². The second kappa shape index (κ2) is 8.88. The van der Waals surface area contributed by atoms with Crippen molar-refractivity contribution in [2.75, 3.05) is 18.5 Å². The summed E-state index contributed by atoms with van der Waals surface area (Å²) in [6.45, 7) is -0.604. The number of rotatable bonds is 6. The van der Waals surface area contributed by atoms with E-state index >= 15 is 0 Å². The summed E-state index contributed by atoms with van der Waals surface area (Å²) in [5.74, 6) is -0.456. The van der Waals surface area contributed by atoms with Crippen molar-refractivity contribution in [2.45, 2.75) is 0 Å². The fraction of sp³-hybridized carbons (Fsp3) is 0.125. The highest BCUT2D eigenvalue weighted by Crippen LogP contribution is 2.16. The Morgan fingerprint density at radius 2 is 1.65 bits per heavy atom. The van der Waals surface area contributed by atoms with Crippen molar-refractivity contribution in [1.82, 2.24) is 0 Å². The molecular weight excluding hydrogens is 477 g/mol. The Labute approximate surface area is 155 Å². The van der Waals surface area contributed by atoms with Crippen LogP contribution in [0.2, 0.25) is 0 Å². The molecule has 23 heavy (non-hydrogen) atoms. The Morgan fingerprint density at radius 3 is 2.30 bits per heavy atom. The molecule has 0 aliphatic carbocycles. The fourth-order valence-electron chi connectivity index (χ4n) is 1.59. The van der Waals surface area contributed by atoms with Crippen molar-refractivity contribution < 1.29 is 19.1 Å². The summed E-state index contributed by atoms with van der Waals surface area (Å²) >= 11 is 5.48. The van der Waals surface area contributed by atoms with Gasteiger partial charge in [0.05, 0.1) is 0 Å². The molecule has 1 amide bonds. The molecule has 2 aromatic rings. The molecule has 5 nitrogen and oxygen atoms in total. The lowest BCUT2D eigenvalue weighted by Gasteiger charge is -2.08. The number of nitrogens with one attached hydrogen (secondary N) is 1. The molecule has 0 aliphatic rings. The second-order valence-electron chi connectivity index (χ2n) is 4.46. The van der Waals surface area contributed by atoms with E-state index in [-0.39, 0.29) is 13.2 Å². The Balaban J connectivity index is 1.70. The molecule has 0 saturated carbocycles. The number of carbonyl (C=O) groups is 2. The van der Waals surface area contributed by atoms with Gasteiger partial charge in [0.1, 0.15) is 5.75 Å². The number of hydrogen-bond donors (Lipinski definition) is 1. The maximum atomic E-state index is 11.7. The second-order valence-corrected chi connectivity index (χ2v) is 6.62. The molecule has 0 fully saturated rings. The molecule has 0 saturated heterocycles. The van der Waals surface area contributed by atoms with Crippen molar-refractivity contribution >= 4 is 56.1 Å². The van der Waals surface area contributed by atoms with Gasteiger partial charge in [0.25, 0.3) is 5.91 Å². The summed E-state index contributed by atoms with van der Waals surface area (Å²) in [6.07, 6.45) is 0. The number of amides is 1. The molecule has 0 aliphatic heterocycles. The number of halogens is 2. The smallest absolute Gasteiger partial charge is 0.344 e. The first-order valence-corrected chi connectivity index (χ1v) is 8.49. The van der Waals surface area contributed by atoms with Gasteiger partial charge in [-0.1, -0.05) is 15.9 Å². The minimum atomic E-state index is -0.606. The maximum absolute atomic E-state index is 11.7. The van der Waals surface area contributed by atoms with E-state index in [4.69, 9.17) is 9.47 Å². The molecular formula is C16H13BrINO4. The molecule has 0 atom stereocenters. The predicted molar refractivity (Wildman–Crippen MR) is 98.4 cm³/mol. The van der Waals surface area contributed by atoms with Crippen LogP contribution < -0.4 is 10.1 Å². The lowest BCUT2D eigenvalue weighted by molar-refractivity contribution is -0.149. The molecule has 1 N–H and O–H groups in total. The van der Waals surface area contributed by atoms with E-state index in [0.717, 1.165) is 8.04 Å². The molecule has 120 valence electrons. The van der Waals surface area contributed by atoms with Crippen LogP contribution in [0.25, 0.3) is 0 Å². The van der Waals surface area contributed by atoms with Crippen molar-refractivity contribution in [3.05, 3.63) is 56.6 Å². The van der Waals surface area contributed by atoms with E-state index < -0.39 is 11.9 Å². The zero-order valence-corrected chi connectivity index (χ0v) is 15.7. The highest BCUT2D eigenvalue weighted by atomic mass is 127. The summed E-state index contributed by atoms with van der Waals surface area (Å²) in [5.41, 5.74) is 0.651. The molecule has 0 spiro atoms. The first-order chi connectivity index (χ1) is 11.0. The molecule has 2 rings (SSSR count). The van der Waals surface area contributed by atoms with Gasteiger partial charge in [-0.25, -0.2) is 4.79 Å². The quantitative estimate of drug-likeness (QED) is 0.497. The fourth-order valence-corrected chi connectivity index (χ4v) is 2.21. The van der Waals surface area contributed by atoms with E-state index in [0.29, 0.717) is 11.4 Å². The third-order valence-corrected chi connectivity index (χ3v) is 3.91. The Bertz CT molecular complexity index is 673. The topological polar surface area (TPSA) is 64.6 Å².